The quantitative estimate of drug-likeness (QED) is 0.484. The molecule has 0 saturated carbocycles. The van der Waals surface area contributed by atoms with E-state index in [-0.39, 0.29) is 0 Å². The molecular weight excluding hydrogens is 376 g/mol. The number of rotatable bonds is 3. The van der Waals surface area contributed by atoms with Gasteiger partial charge in [-0.2, -0.15) is 0 Å². The van der Waals surface area contributed by atoms with E-state index in [9.17, 15) is 0 Å². The van der Waals surface area contributed by atoms with E-state index < -0.39 is 0 Å². The highest BCUT2D eigenvalue weighted by Gasteiger charge is 2.19. The number of nitrogens with zero attached hydrogens (tertiary/aromatic N) is 2. The van der Waals surface area contributed by atoms with Gasteiger partial charge in [0.1, 0.15) is 0 Å². The van der Waals surface area contributed by atoms with Gasteiger partial charge in [-0.25, -0.2) is 0 Å². The highest BCUT2D eigenvalue weighted by molar-refractivity contribution is 5.11. The minimum Gasteiger partial charge on any atom is -0.304 e. The van der Waals surface area contributed by atoms with Crippen molar-refractivity contribution in [1.82, 2.24) is 9.80 Å². The van der Waals surface area contributed by atoms with Gasteiger partial charge in [-0.05, 0) is 53.0 Å². The van der Waals surface area contributed by atoms with Crippen molar-refractivity contribution in [2.45, 2.75) is 81.2 Å². The third kappa shape index (κ3) is 21.4. The largest absolute Gasteiger partial charge is 0.304 e. The van der Waals surface area contributed by atoms with E-state index in [2.05, 4.69) is 49.8 Å². The molecular formula is C29H54N2. The lowest BCUT2D eigenvalue weighted by Gasteiger charge is -2.35. The van der Waals surface area contributed by atoms with Gasteiger partial charge in [0.05, 0.1) is 0 Å². The molecule has 0 aromatic heterocycles. The first-order chi connectivity index (χ1) is 15.2. The molecule has 2 nitrogen and oxygen atoms in total. The Hall–Kier alpha value is -1.64. The first kappa shape index (κ1) is 34.0. The Bertz CT molecular complexity index is 478. The average Bonchev–Trinajstić information content (AvgIpc) is 2.89. The van der Waals surface area contributed by atoms with Crippen LogP contribution in [0, 0.1) is 6.92 Å². The zero-order valence-electron chi connectivity index (χ0n) is 22.6. The van der Waals surface area contributed by atoms with Crippen LogP contribution in [0.5, 0.6) is 0 Å². The number of piperidine rings is 1. The molecule has 0 unspecified atom stereocenters. The van der Waals surface area contributed by atoms with Crippen molar-refractivity contribution in [3.63, 3.8) is 0 Å². The van der Waals surface area contributed by atoms with Crippen LogP contribution in [-0.4, -0.2) is 49.1 Å². The van der Waals surface area contributed by atoms with Crippen molar-refractivity contribution >= 4 is 0 Å². The fraction of sp³-hybridized carbons (Fsp3) is 0.586. The summed E-state index contributed by atoms with van der Waals surface area (Å²) in [5, 5.41) is 0. The van der Waals surface area contributed by atoms with Crippen LogP contribution >= 0.6 is 0 Å². The molecule has 1 aliphatic heterocycles. The van der Waals surface area contributed by atoms with Crippen molar-refractivity contribution in [2.75, 3.05) is 33.2 Å². The van der Waals surface area contributed by atoms with Gasteiger partial charge in [0.15, 0.2) is 0 Å². The van der Waals surface area contributed by atoms with E-state index in [0.717, 1.165) is 6.04 Å². The van der Waals surface area contributed by atoms with Crippen LogP contribution in [0.1, 0.15) is 73.8 Å². The Labute approximate surface area is 196 Å². The number of hydrogen-bond donors (Lipinski definition) is 0. The molecule has 1 aliphatic rings. The monoisotopic (exact) mass is 430 g/mol. The van der Waals surface area contributed by atoms with Gasteiger partial charge in [-0.1, -0.05) is 128 Å². The van der Waals surface area contributed by atoms with Crippen LogP contribution in [0.3, 0.4) is 0 Å². The third-order valence-corrected chi connectivity index (χ3v) is 4.73. The maximum absolute atomic E-state index is 2.54. The maximum Gasteiger partial charge on any atom is 0.0116 e. The molecule has 0 aliphatic carbocycles. The molecule has 2 aromatic rings. The molecule has 0 atom stereocenters. The van der Waals surface area contributed by atoms with Crippen molar-refractivity contribution in [3.05, 3.63) is 72.3 Å². The molecule has 0 bridgehead atoms. The van der Waals surface area contributed by atoms with Gasteiger partial charge in [0.2, 0.25) is 0 Å². The summed E-state index contributed by atoms with van der Waals surface area (Å²) in [5.74, 6) is 0. The van der Waals surface area contributed by atoms with Crippen molar-refractivity contribution in [2.24, 2.45) is 0 Å². The predicted octanol–water partition coefficient (Wildman–Crippen LogP) is 8.18. The van der Waals surface area contributed by atoms with Gasteiger partial charge < -0.3 is 9.80 Å². The molecule has 2 heteroatoms. The van der Waals surface area contributed by atoms with E-state index >= 15 is 0 Å². The van der Waals surface area contributed by atoms with Crippen molar-refractivity contribution < 1.29 is 0 Å². The second-order valence-corrected chi connectivity index (χ2v) is 6.55. The first-order valence-corrected chi connectivity index (χ1v) is 12.6. The maximum atomic E-state index is 2.54. The zero-order chi connectivity index (χ0) is 24.3. The molecule has 31 heavy (non-hydrogen) atoms. The molecule has 1 fully saturated rings. The summed E-state index contributed by atoms with van der Waals surface area (Å²) in [4.78, 5) is 5.02. The average molecular weight is 431 g/mol. The van der Waals surface area contributed by atoms with Gasteiger partial charge in [-0.15, -0.1) is 0 Å². The van der Waals surface area contributed by atoms with Crippen molar-refractivity contribution in [3.8, 4) is 0 Å². The van der Waals surface area contributed by atoms with E-state index in [1.54, 1.807) is 0 Å². The summed E-state index contributed by atoms with van der Waals surface area (Å²) in [6.45, 7) is 23.6. The van der Waals surface area contributed by atoms with Crippen LogP contribution in [0.2, 0.25) is 0 Å². The minimum atomic E-state index is 0.845. The van der Waals surface area contributed by atoms with E-state index in [1.807, 2.05) is 96.1 Å². The van der Waals surface area contributed by atoms with E-state index in [1.165, 1.54) is 44.6 Å². The number of benzene rings is 2. The molecule has 0 spiro atoms. The van der Waals surface area contributed by atoms with Crippen LogP contribution in [0.4, 0.5) is 0 Å². The van der Waals surface area contributed by atoms with Crippen LogP contribution in [0.25, 0.3) is 0 Å². The highest BCUT2D eigenvalue weighted by atomic mass is 15.2. The summed E-state index contributed by atoms with van der Waals surface area (Å²) >= 11 is 0. The smallest absolute Gasteiger partial charge is 0.0116 e. The van der Waals surface area contributed by atoms with E-state index in [4.69, 9.17) is 0 Å². The molecule has 3 rings (SSSR count). The Morgan fingerprint density at radius 2 is 1.06 bits per heavy atom. The fourth-order valence-electron chi connectivity index (χ4n) is 2.85. The molecule has 1 saturated heterocycles. The lowest BCUT2D eigenvalue weighted by atomic mass is 10.0. The lowest BCUT2D eigenvalue weighted by Crippen LogP contribution is -2.43. The van der Waals surface area contributed by atoms with Crippen LogP contribution < -0.4 is 0 Å². The van der Waals surface area contributed by atoms with Crippen LogP contribution in [-0.2, 0) is 0 Å². The Kier molecular flexibility index (Phi) is 31.1. The molecule has 0 radical (unpaired) electrons. The Balaban J connectivity index is -0.000000355. The molecule has 1 heterocycles. The predicted molar refractivity (Wildman–Crippen MR) is 145 cm³/mol. The standard InChI is InChI=1S/C10H22N2.C7H8.C6H6.3C2H6/c1-4-11(3)10-6-8-12(5-2)9-7-10;1-7-5-3-2-4-6-7;1-2-4-6-5-3-1;3*1-2/h10H,4-9H2,1-3H3;2-6H,1H3;1-6H;3*1-2H3. The van der Waals surface area contributed by atoms with Crippen molar-refractivity contribution in [1.29, 1.82) is 0 Å². The molecule has 2 aromatic carbocycles. The Morgan fingerprint density at radius 3 is 1.32 bits per heavy atom. The summed E-state index contributed by atoms with van der Waals surface area (Å²) < 4.78 is 0. The van der Waals surface area contributed by atoms with Crippen LogP contribution in [0.15, 0.2) is 66.7 Å². The summed E-state index contributed by atoms with van der Waals surface area (Å²) in [6.07, 6.45) is 2.72. The number of aryl methyl sites for hydroxylation is 1. The Morgan fingerprint density at radius 1 is 0.710 bits per heavy atom. The molecule has 0 amide bonds. The molecule has 0 N–H and O–H groups in total. The lowest BCUT2D eigenvalue weighted by molar-refractivity contribution is 0.136. The van der Waals surface area contributed by atoms with Gasteiger partial charge >= 0.3 is 0 Å². The number of hydrogen-bond acceptors (Lipinski definition) is 2. The SMILES string of the molecule is CC.CC.CC.CCN1CCC(N(C)CC)CC1.Cc1ccccc1.c1ccccc1. The minimum absolute atomic E-state index is 0.845. The van der Waals surface area contributed by atoms with Gasteiger partial charge in [-0.3, -0.25) is 0 Å². The molecule has 180 valence electrons. The fourth-order valence-corrected chi connectivity index (χ4v) is 2.85. The normalized spacial score (nSPS) is 12.6. The summed E-state index contributed by atoms with van der Waals surface area (Å²) in [7, 11) is 2.24. The van der Waals surface area contributed by atoms with Gasteiger partial charge in [0.25, 0.3) is 0 Å². The first-order valence-electron chi connectivity index (χ1n) is 12.6. The second-order valence-electron chi connectivity index (χ2n) is 6.55. The third-order valence-electron chi connectivity index (χ3n) is 4.73. The van der Waals surface area contributed by atoms with E-state index in [0.29, 0.717) is 0 Å². The topological polar surface area (TPSA) is 6.48 Å². The highest BCUT2D eigenvalue weighted by Crippen LogP contribution is 2.14. The summed E-state index contributed by atoms with van der Waals surface area (Å²) in [6, 6.07) is 23.1. The van der Waals surface area contributed by atoms with Gasteiger partial charge in [0, 0.05) is 6.04 Å². The summed E-state index contributed by atoms with van der Waals surface area (Å²) in [5.41, 5.74) is 1.32. The number of likely N-dealkylation sites (tertiary alicyclic amines) is 1. The zero-order valence-corrected chi connectivity index (χ0v) is 22.6. The second kappa shape index (κ2) is 28.4.